The van der Waals surface area contributed by atoms with Crippen LogP contribution in [0.15, 0.2) is 27.0 Å². The predicted molar refractivity (Wildman–Crippen MR) is 115 cm³/mol. The first-order valence-corrected chi connectivity index (χ1v) is 11.9. The van der Waals surface area contributed by atoms with E-state index in [1.807, 2.05) is 12.3 Å². The van der Waals surface area contributed by atoms with Crippen molar-refractivity contribution in [3.8, 4) is 0 Å². The lowest BCUT2D eigenvalue weighted by molar-refractivity contribution is -0.121. The molecule has 28 heavy (non-hydrogen) atoms. The van der Waals surface area contributed by atoms with Crippen LogP contribution in [0.1, 0.15) is 58.1 Å². The average Bonchev–Trinajstić information content (AvgIpc) is 3.22. The molecule has 0 bridgehead atoms. The van der Waals surface area contributed by atoms with Crippen molar-refractivity contribution in [3.63, 3.8) is 0 Å². The van der Waals surface area contributed by atoms with Crippen LogP contribution in [0.5, 0.6) is 0 Å². The smallest absolute Gasteiger partial charge is 0.228 e. The molecule has 0 unspecified atom stereocenters. The Morgan fingerprint density at radius 1 is 1.29 bits per heavy atom. The topological polar surface area (TPSA) is 58.4 Å². The normalized spacial score (nSPS) is 19.1. The summed E-state index contributed by atoms with van der Waals surface area (Å²) in [6.07, 6.45) is 6.48. The fraction of sp³-hybridized carbons (Fsp3) is 0.619. The predicted octanol–water partition coefficient (Wildman–Crippen LogP) is 5.14. The Kier molecular flexibility index (Phi) is 5.86. The van der Waals surface area contributed by atoms with Crippen molar-refractivity contribution in [1.29, 1.82) is 0 Å². The van der Waals surface area contributed by atoms with E-state index >= 15 is 0 Å². The summed E-state index contributed by atoms with van der Waals surface area (Å²) in [6, 6.07) is 4.87. The molecule has 1 saturated carbocycles. The molecule has 7 heteroatoms. The van der Waals surface area contributed by atoms with E-state index in [4.69, 9.17) is 4.42 Å². The Bertz CT molecular complexity index is 812. The Morgan fingerprint density at radius 2 is 2.04 bits per heavy atom. The van der Waals surface area contributed by atoms with E-state index in [2.05, 4.69) is 42.0 Å². The molecule has 2 fully saturated rings. The minimum atomic E-state index is -0.0227. The van der Waals surface area contributed by atoms with Crippen LogP contribution in [0.25, 0.3) is 0 Å². The summed E-state index contributed by atoms with van der Waals surface area (Å²) in [4.78, 5) is 19.5. The van der Waals surface area contributed by atoms with Gasteiger partial charge < -0.3 is 14.6 Å². The molecule has 4 rings (SSSR count). The van der Waals surface area contributed by atoms with Gasteiger partial charge in [-0.1, -0.05) is 20.8 Å². The maximum atomic E-state index is 12.6. The third-order valence-electron chi connectivity index (χ3n) is 5.42. The van der Waals surface area contributed by atoms with Gasteiger partial charge in [-0.2, -0.15) is 0 Å². The Labute approximate surface area is 175 Å². The third kappa shape index (κ3) is 4.99. The number of likely N-dealkylation sites (tertiary alicyclic amines) is 1. The number of amides is 1. The number of piperidine rings is 1. The maximum absolute atomic E-state index is 12.6. The summed E-state index contributed by atoms with van der Waals surface area (Å²) in [5.74, 6) is 2.68. The molecule has 1 N–H and O–H groups in total. The summed E-state index contributed by atoms with van der Waals surface area (Å²) < 4.78 is 7.01. The Hall–Kier alpha value is -1.31. The highest BCUT2D eigenvalue weighted by Crippen LogP contribution is 2.35. The van der Waals surface area contributed by atoms with Gasteiger partial charge in [0.05, 0.1) is 21.2 Å². The number of carbonyl (C=O) groups is 1. The van der Waals surface area contributed by atoms with Gasteiger partial charge in [-0.3, -0.25) is 4.79 Å². The number of oxazole rings is 1. The first-order chi connectivity index (χ1) is 13.4. The van der Waals surface area contributed by atoms with Crippen LogP contribution < -0.4 is 5.32 Å². The fourth-order valence-corrected chi connectivity index (χ4v) is 5.40. The molecule has 2 aliphatic rings. The highest BCUT2D eigenvalue weighted by atomic mass is 32.2. The summed E-state index contributed by atoms with van der Waals surface area (Å²) in [5.41, 5.74) is -0.0227. The van der Waals surface area contributed by atoms with Crippen molar-refractivity contribution in [2.45, 2.75) is 67.9 Å². The zero-order chi connectivity index (χ0) is 19.7. The van der Waals surface area contributed by atoms with Crippen LogP contribution >= 0.6 is 23.1 Å². The van der Waals surface area contributed by atoms with Gasteiger partial charge in [0.25, 0.3) is 0 Å². The van der Waals surface area contributed by atoms with Crippen molar-refractivity contribution in [2.24, 2.45) is 5.92 Å². The lowest BCUT2D eigenvalue weighted by Crippen LogP contribution is -2.39. The second-order valence-corrected chi connectivity index (χ2v) is 11.2. The lowest BCUT2D eigenvalue weighted by Gasteiger charge is -2.31. The third-order valence-corrected chi connectivity index (χ3v) is 7.63. The van der Waals surface area contributed by atoms with Crippen LogP contribution in [-0.4, -0.2) is 34.9 Å². The van der Waals surface area contributed by atoms with Crippen LogP contribution in [0.2, 0.25) is 0 Å². The number of carbonyl (C=O) groups excluding carboxylic acids is 1. The molecule has 2 aromatic rings. The van der Waals surface area contributed by atoms with Gasteiger partial charge in [-0.15, -0.1) is 23.1 Å². The molecule has 1 aliphatic carbocycles. The monoisotopic (exact) mass is 419 g/mol. The molecule has 1 aliphatic heterocycles. The highest BCUT2D eigenvalue weighted by Gasteiger charge is 2.33. The standard InChI is InChI=1S/C21H29N3O2S2/c1-21(2,3)16-12-22-17(26-16)13-27-19-7-6-18(28-19)23-20(25)14-8-10-24(11-9-14)15-4-5-15/h6-7,12,14-15H,4-5,8-11,13H2,1-3H3,(H,23,25). The highest BCUT2D eigenvalue weighted by molar-refractivity contribution is 8.00. The molecule has 1 amide bonds. The second kappa shape index (κ2) is 8.20. The summed E-state index contributed by atoms with van der Waals surface area (Å²) in [5, 5.41) is 4.05. The lowest BCUT2D eigenvalue weighted by atomic mass is 9.94. The molecule has 5 nitrogen and oxygen atoms in total. The van der Waals surface area contributed by atoms with E-state index in [9.17, 15) is 4.79 Å². The summed E-state index contributed by atoms with van der Waals surface area (Å²) >= 11 is 3.32. The van der Waals surface area contributed by atoms with Crippen molar-refractivity contribution in [1.82, 2.24) is 9.88 Å². The number of nitrogens with zero attached hydrogens (tertiary/aromatic N) is 2. The molecule has 152 valence electrons. The van der Waals surface area contributed by atoms with E-state index in [1.165, 1.54) is 12.8 Å². The molecule has 0 atom stereocenters. The number of anilines is 1. The minimum absolute atomic E-state index is 0.0227. The molecular weight excluding hydrogens is 390 g/mol. The van der Waals surface area contributed by atoms with Gasteiger partial charge in [0.2, 0.25) is 11.8 Å². The van der Waals surface area contributed by atoms with Crippen LogP contribution in [0.3, 0.4) is 0 Å². The van der Waals surface area contributed by atoms with E-state index < -0.39 is 0 Å². The molecule has 0 aromatic carbocycles. The summed E-state index contributed by atoms with van der Waals surface area (Å²) in [6.45, 7) is 8.50. The van der Waals surface area contributed by atoms with Gasteiger partial charge in [0.1, 0.15) is 5.76 Å². The van der Waals surface area contributed by atoms with Crippen molar-refractivity contribution < 1.29 is 9.21 Å². The van der Waals surface area contributed by atoms with Crippen LogP contribution in [0, 0.1) is 5.92 Å². The van der Waals surface area contributed by atoms with Crippen molar-refractivity contribution >= 4 is 34.0 Å². The maximum Gasteiger partial charge on any atom is 0.228 e. The van der Waals surface area contributed by atoms with Gasteiger partial charge in [-0.05, 0) is 50.9 Å². The van der Waals surface area contributed by atoms with Gasteiger partial charge >= 0.3 is 0 Å². The molecule has 0 radical (unpaired) electrons. The number of aromatic nitrogens is 1. The number of hydrogen-bond acceptors (Lipinski definition) is 6. The van der Waals surface area contributed by atoms with E-state index in [0.29, 0.717) is 5.75 Å². The van der Waals surface area contributed by atoms with Crippen molar-refractivity contribution in [2.75, 3.05) is 18.4 Å². The van der Waals surface area contributed by atoms with Gasteiger partial charge in [-0.25, -0.2) is 4.98 Å². The molecular formula is C21H29N3O2S2. The SMILES string of the molecule is CC(C)(C)c1cnc(CSc2ccc(NC(=O)C3CCN(C4CC4)CC3)s2)o1. The number of thiophene rings is 1. The number of nitrogens with one attached hydrogen (secondary N) is 1. The van der Waals surface area contributed by atoms with Crippen molar-refractivity contribution in [3.05, 3.63) is 30.0 Å². The molecule has 3 heterocycles. The second-order valence-electron chi connectivity index (χ2n) is 8.81. The Balaban J connectivity index is 1.25. The largest absolute Gasteiger partial charge is 0.444 e. The van der Waals surface area contributed by atoms with Gasteiger partial charge in [0, 0.05) is 17.4 Å². The molecule has 2 aromatic heterocycles. The van der Waals surface area contributed by atoms with E-state index in [0.717, 1.165) is 52.8 Å². The van der Waals surface area contributed by atoms with Crippen LogP contribution in [0.4, 0.5) is 5.00 Å². The number of rotatable bonds is 6. The zero-order valence-corrected chi connectivity index (χ0v) is 18.5. The number of hydrogen-bond donors (Lipinski definition) is 1. The van der Waals surface area contributed by atoms with Gasteiger partial charge in [0.15, 0.2) is 0 Å². The first-order valence-electron chi connectivity index (χ1n) is 10.1. The molecule has 1 saturated heterocycles. The van der Waals surface area contributed by atoms with E-state index in [1.54, 1.807) is 23.1 Å². The van der Waals surface area contributed by atoms with Crippen LogP contribution in [-0.2, 0) is 16.0 Å². The molecule has 0 spiro atoms. The minimum Gasteiger partial charge on any atom is -0.444 e. The summed E-state index contributed by atoms with van der Waals surface area (Å²) in [7, 11) is 0. The number of thioether (sulfide) groups is 1. The first kappa shape index (κ1) is 20.0. The fourth-order valence-electron chi connectivity index (χ4n) is 3.51. The zero-order valence-electron chi connectivity index (χ0n) is 16.9. The van der Waals surface area contributed by atoms with E-state index in [-0.39, 0.29) is 17.2 Å². The quantitative estimate of drug-likeness (QED) is 0.657. The Morgan fingerprint density at radius 3 is 2.68 bits per heavy atom. The average molecular weight is 420 g/mol.